The van der Waals surface area contributed by atoms with Gasteiger partial charge in [0.2, 0.25) is 0 Å². The third-order valence-electron chi connectivity index (χ3n) is 4.69. The van der Waals surface area contributed by atoms with Gasteiger partial charge in [-0.2, -0.15) is 0 Å². The fourth-order valence-electron chi connectivity index (χ4n) is 3.18. The second-order valence-corrected chi connectivity index (χ2v) is 7.09. The second kappa shape index (κ2) is 7.93. The van der Waals surface area contributed by atoms with E-state index in [0.717, 1.165) is 49.1 Å². The van der Waals surface area contributed by atoms with E-state index in [1.807, 2.05) is 37.3 Å². The number of aliphatic hydroxyl groups excluding tert-OH is 1. The summed E-state index contributed by atoms with van der Waals surface area (Å²) in [4.78, 5) is 13.9. The molecule has 2 heterocycles. The van der Waals surface area contributed by atoms with Crippen molar-refractivity contribution in [2.45, 2.75) is 32.8 Å². The Bertz CT molecular complexity index is 681. The Balaban J connectivity index is 1.59. The lowest BCUT2D eigenvalue weighted by atomic mass is 10.1. The van der Waals surface area contributed by atoms with Crippen LogP contribution >= 0.6 is 0 Å². The van der Waals surface area contributed by atoms with Crippen molar-refractivity contribution in [2.24, 2.45) is 0 Å². The molecule has 0 radical (unpaired) electrons. The van der Waals surface area contributed by atoms with Gasteiger partial charge in [0, 0.05) is 50.4 Å². The van der Waals surface area contributed by atoms with Crippen molar-refractivity contribution in [3.8, 4) is 0 Å². The fourth-order valence-corrected chi connectivity index (χ4v) is 3.18. The number of aryl methyl sites for hydroxylation is 1. The van der Waals surface area contributed by atoms with Crippen LogP contribution in [-0.4, -0.2) is 52.7 Å². The van der Waals surface area contributed by atoms with Crippen LogP contribution in [0.25, 0.3) is 0 Å². The van der Waals surface area contributed by atoms with E-state index in [1.165, 1.54) is 0 Å². The van der Waals surface area contributed by atoms with Gasteiger partial charge in [0.1, 0.15) is 11.6 Å². The lowest BCUT2D eigenvalue weighted by Gasteiger charge is -2.36. The highest BCUT2D eigenvalue weighted by molar-refractivity contribution is 5.40. The van der Waals surface area contributed by atoms with Gasteiger partial charge in [-0.1, -0.05) is 44.2 Å². The largest absolute Gasteiger partial charge is 0.387 e. The van der Waals surface area contributed by atoms with Gasteiger partial charge in [-0.25, -0.2) is 9.97 Å². The quantitative estimate of drug-likeness (QED) is 0.907. The zero-order chi connectivity index (χ0) is 17.8. The summed E-state index contributed by atoms with van der Waals surface area (Å²) in [5.74, 6) is 2.28. The number of rotatable bonds is 5. The molecule has 5 heteroatoms. The molecule has 1 aliphatic rings. The maximum atomic E-state index is 10.4. The number of β-amino-alcohol motifs (C(OH)–C–C–N with tert-alkyl or cyclic N) is 1. The van der Waals surface area contributed by atoms with Crippen LogP contribution in [0.2, 0.25) is 0 Å². The van der Waals surface area contributed by atoms with Gasteiger partial charge in [0.05, 0.1) is 6.10 Å². The number of benzene rings is 1. The third-order valence-corrected chi connectivity index (χ3v) is 4.69. The zero-order valence-electron chi connectivity index (χ0n) is 15.4. The Morgan fingerprint density at radius 1 is 1.04 bits per heavy atom. The number of anilines is 1. The van der Waals surface area contributed by atoms with Gasteiger partial charge < -0.3 is 10.0 Å². The molecular formula is C20H28N4O. The van der Waals surface area contributed by atoms with Gasteiger partial charge in [-0.05, 0) is 12.5 Å². The summed E-state index contributed by atoms with van der Waals surface area (Å²) in [6.07, 6.45) is -0.429. The minimum absolute atomic E-state index is 0.334. The molecule has 1 aliphatic heterocycles. The van der Waals surface area contributed by atoms with E-state index < -0.39 is 6.10 Å². The van der Waals surface area contributed by atoms with E-state index in [9.17, 15) is 5.11 Å². The van der Waals surface area contributed by atoms with Crippen LogP contribution in [0.3, 0.4) is 0 Å². The average Bonchev–Trinajstić information content (AvgIpc) is 2.62. The predicted octanol–water partition coefficient (Wildman–Crippen LogP) is 2.76. The highest BCUT2D eigenvalue weighted by atomic mass is 16.3. The first-order valence-corrected chi connectivity index (χ1v) is 9.09. The molecule has 0 amide bonds. The van der Waals surface area contributed by atoms with E-state index in [0.29, 0.717) is 12.5 Å². The van der Waals surface area contributed by atoms with E-state index in [4.69, 9.17) is 4.98 Å². The molecule has 0 bridgehead atoms. The lowest BCUT2D eigenvalue weighted by Crippen LogP contribution is -2.48. The number of hydrogen-bond donors (Lipinski definition) is 1. The van der Waals surface area contributed by atoms with Crippen molar-refractivity contribution >= 4 is 5.82 Å². The normalized spacial score (nSPS) is 17.1. The van der Waals surface area contributed by atoms with Crippen LogP contribution in [0, 0.1) is 6.92 Å². The van der Waals surface area contributed by atoms with Crippen LogP contribution in [0.4, 0.5) is 5.82 Å². The summed E-state index contributed by atoms with van der Waals surface area (Å²) in [7, 11) is 0. The van der Waals surface area contributed by atoms with Crippen molar-refractivity contribution in [2.75, 3.05) is 37.6 Å². The third kappa shape index (κ3) is 4.55. The van der Waals surface area contributed by atoms with Crippen molar-refractivity contribution in [1.29, 1.82) is 0 Å². The first-order valence-electron chi connectivity index (χ1n) is 9.09. The first-order chi connectivity index (χ1) is 12.0. The lowest BCUT2D eigenvalue weighted by molar-refractivity contribution is 0.109. The molecular weight excluding hydrogens is 312 g/mol. The molecule has 1 N–H and O–H groups in total. The number of aromatic nitrogens is 2. The summed E-state index contributed by atoms with van der Waals surface area (Å²) < 4.78 is 0. The Labute approximate surface area is 150 Å². The molecule has 0 aliphatic carbocycles. The van der Waals surface area contributed by atoms with Crippen molar-refractivity contribution in [3.63, 3.8) is 0 Å². The van der Waals surface area contributed by atoms with Gasteiger partial charge in [0.25, 0.3) is 0 Å². The molecule has 3 rings (SSSR count). The molecule has 2 aromatic rings. The van der Waals surface area contributed by atoms with Crippen molar-refractivity contribution < 1.29 is 5.11 Å². The Hall–Kier alpha value is -1.98. The highest BCUT2D eigenvalue weighted by Crippen LogP contribution is 2.20. The number of piperazine rings is 1. The molecule has 134 valence electrons. The summed E-state index contributed by atoms with van der Waals surface area (Å²) in [5, 5.41) is 10.4. The second-order valence-electron chi connectivity index (χ2n) is 7.09. The van der Waals surface area contributed by atoms with Crippen molar-refractivity contribution in [3.05, 3.63) is 53.5 Å². The zero-order valence-corrected chi connectivity index (χ0v) is 15.4. The smallest absolute Gasteiger partial charge is 0.133 e. The summed E-state index contributed by atoms with van der Waals surface area (Å²) in [6.45, 7) is 10.7. The Kier molecular flexibility index (Phi) is 5.66. The molecule has 1 aromatic heterocycles. The molecule has 0 saturated carbocycles. The molecule has 1 saturated heterocycles. The molecule has 0 spiro atoms. The summed E-state index contributed by atoms with van der Waals surface area (Å²) in [5.41, 5.74) is 2.01. The molecule has 5 nitrogen and oxygen atoms in total. The number of aliphatic hydroxyl groups is 1. The van der Waals surface area contributed by atoms with E-state index in [1.54, 1.807) is 0 Å². The van der Waals surface area contributed by atoms with Gasteiger partial charge >= 0.3 is 0 Å². The topological polar surface area (TPSA) is 52.5 Å². The predicted molar refractivity (Wildman–Crippen MR) is 101 cm³/mol. The van der Waals surface area contributed by atoms with Crippen molar-refractivity contribution in [1.82, 2.24) is 14.9 Å². The van der Waals surface area contributed by atoms with E-state index >= 15 is 0 Å². The monoisotopic (exact) mass is 340 g/mol. The first kappa shape index (κ1) is 17.8. The van der Waals surface area contributed by atoms with Crippen LogP contribution in [0.1, 0.15) is 43.0 Å². The van der Waals surface area contributed by atoms with Crippen LogP contribution < -0.4 is 4.90 Å². The van der Waals surface area contributed by atoms with E-state index in [2.05, 4.69) is 34.7 Å². The van der Waals surface area contributed by atoms with Gasteiger partial charge in [-0.15, -0.1) is 0 Å². The SMILES string of the molecule is Cc1cc(N2CCN(CC(O)c3ccccc3)CC2)nc(C(C)C)n1. The van der Waals surface area contributed by atoms with Gasteiger partial charge in [-0.3, -0.25) is 4.90 Å². The van der Waals surface area contributed by atoms with Crippen LogP contribution in [0.15, 0.2) is 36.4 Å². The average molecular weight is 340 g/mol. The fraction of sp³-hybridized carbons (Fsp3) is 0.500. The van der Waals surface area contributed by atoms with Gasteiger partial charge in [0.15, 0.2) is 0 Å². The number of hydrogen-bond acceptors (Lipinski definition) is 5. The molecule has 1 fully saturated rings. The highest BCUT2D eigenvalue weighted by Gasteiger charge is 2.21. The molecule has 1 unspecified atom stereocenters. The molecule has 1 aromatic carbocycles. The maximum Gasteiger partial charge on any atom is 0.133 e. The minimum Gasteiger partial charge on any atom is -0.387 e. The number of nitrogens with zero attached hydrogens (tertiary/aromatic N) is 4. The van der Waals surface area contributed by atoms with E-state index in [-0.39, 0.29) is 0 Å². The van der Waals surface area contributed by atoms with Crippen LogP contribution in [0.5, 0.6) is 0 Å². The Morgan fingerprint density at radius 3 is 2.36 bits per heavy atom. The molecule has 25 heavy (non-hydrogen) atoms. The van der Waals surface area contributed by atoms with Crippen LogP contribution in [-0.2, 0) is 0 Å². The maximum absolute atomic E-state index is 10.4. The standard InChI is InChI=1S/C20H28N4O/c1-15(2)20-21-16(3)13-19(22-20)24-11-9-23(10-12-24)14-18(25)17-7-5-4-6-8-17/h4-8,13,15,18,25H,9-12,14H2,1-3H3. The summed E-state index contributed by atoms with van der Waals surface area (Å²) >= 11 is 0. The Morgan fingerprint density at radius 2 is 1.72 bits per heavy atom. The summed E-state index contributed by atoms with van der Waals surface area (Å²) in [6, 6.07) is 12.0. The molecule has 1 atom stereocenters. The minimum atomic E-state index is -0.429.